The van der Waals surface area contributed by atoms with Crippen LogP contribution in [0, 0.1) is 0 Å². The molecule has 5 heteroatoms. The van der Waals surface area contributed by atoms with Crippen LogP contribution in [0.5, 0.6) is 0 Å². The molecule has 5 N–H and O–H groups in total. The minimum atomic E-state index is -0.242. The van der Waals surface area contributed by atoms with Crippen LogP contribution in [0.2, 0.25) is 0 Å². The van der Waals surface area contributed by atoms with Gasteiger partial charge in [0, 0.05) is 11.6 Å². The first-order chi connectivity index (χ1) is 8.39. The van der Waals surface area contributed by atoms with E-state index in [1.165, 1.54) is 0 Å². The topological polar surface area (TPSA) is 86.7 Å². The molecule has 5 nitrogen and oxygen atoms in total. The van der Waals surface area contributed by atoms with Crippen molar-refractivity contribution in [1.82, 2.24) is 15.3 Å². The molecule has 98 valence electrons. The van der Waals surface area contributed by atoms with Crippen molar-refractivity contribution >= 4 is 11.0 Å². The van der Waals surface area contributed by atoms with Crippen molar-refractivity contribution in [2.45, 2.75) is 31.8 Å². The molecule has 1 aromatic carbocycles. The van der Waals surface area contributed by atoms with Crippen LogP contribution in [0.15, 0.2) is 23.0 Å². The molecule has 0 aliphatic heterocycles. The summed E-state index contributed by atoms with van der Waals surface area (Å²) in [5.41, 5.74) is 8.42. The number of H-pyrrole nitrogens is 2. The SMILES string of the molecule is CNC(CC(C)(C)N)c1ccc2[nH]c(=O)[nH]c2c1. The average molecular weight is 248 g/mol. The maximum Gasteiger partial charge on any atom is 0.323 e. The lowest BCUT2D eigenvalue weighted by Gasteiger charge is -2.26. The summed E-state index contributed by atoms with van der Waals surface area (Å²) in [5.74, 6) is 0. The Labute approximate surface area is 106 Å². The molecule has 0 aliphatic rings. The van der Waals surface area contributed by atoms with Crippen LogP contribution in [0.4, 0.5) is 0 Å². The molecule has 0 spiro atoms. The number of benzene rings is 1. The maximum absolute atomic E-state index is 11.2. The lowest BCUT2D eigenvalue weighted by molar-refractivity contribution is 0.396. The summed E-state index contributed by atoms with van der Waals surface area (Å²) in [6.45, 7) is 4.02. The monoisotopic (exact) mass is 248 g/mol. The van der Waals surface area contributed by atoms with E-state index in [-0.39, 0.29) is 17.3 Å². The highest BCUT2D eigenvalue weighted by atomic mass is 16.1. The van der Waals surface area contributed by atoms with Crippen LogP contribution in [-0.2, 0) is 0 Å². The van der Waals surface area contributed by atoms with E-state index < -0.39 is 0 Å². The first-order valence-electron chi connectivity index (χ1n) is 6.07. The van der Waals surface area contributed by atoms with Crippen molar-refractivity contribution < 1.29 is 0 Å². The molecule has 1 heterocycles. The molecule has 1 aromatic heterocycles. The van der Waals surface area contributed by atoms with Crippen molar-refractivity contribution in [2.75, 3.05) is 7.05 Å². The number of hydrogen-bond acceptors (Lipinski definition) is 3. The van der Waals surface area contributed by atoms with Crippen LogP contribution >= 0.6 is 0 Å². The van der Waals surface area contributed by atoms with Gasteiger partial charge in [0.1, 0.15) is 0 Å². The van der Waals surface area contributed by atoms with Gasteiger partial charge in [0.05, 0.1) is 11.0 Å². The van der Waals surface area contributed by atoms with E-state index in [0.29, 0.717) is 0 Å². The van der Waals surface area contributed by atoms with E-state index in [0.717, 1.165) is 23.0 Å². The number of aromatic nitrogens is 2. The van der Waals surface area contributed by atoms with Gasteiger partial charge in [0.15, 0.2) is 0 Å². The first-order valence-corrected chi connectivity index (χ1v) is 6.07. The number of imidazole rings is 1. The summed E-state index contributed by atoms with van der Waals surface area (Å²) in [4.78, 5) is 16.7. The van der Waals surface area contributed by atoms with E-state index in [2.05, 4.69) is 15.3 Å². The average Bonchev–Trinajstić information content (AvgIpc) is 2.63. The van der Waals surface area contributed by atoms with Crippen LogP contribution in [-0.4, -0.2) is 22.6 Å². The smallest absolute Gasteiger partial charge is 0.323 e. The third-order valence-electron chi connectivity index (χ3n) is 3.02. The maximum atomic E-state index is 11.2. The fourth-order valence-electron chi connectivity index (χ4n) is 2.18. The molecule has 2 rings (SSSR count). The summed E-state index contributed by atoms with van der Waals surface area (Å²) in [6.07, 6.45) is 0.823. The highest BCUT2D eigenvalue weighted by Crippen LogP contribution is 2.23. The Hall–Kier alpha value is -1.59. The third kappa shape index (κ3) is 2.80. The second kappa shape index (κ2) is 4.59. The van der Waals surface area contributed by atoms with Gasteiger partial charge in [-0.1, -0.05) is 6.07 Å². The van der Waals surface area contributed by atoms with Gasteiger partial charge < -0.3 is 21.0 Å². The van der Waals surface area contributed by atoms with Crippen molar-refractivity contribution in [3.63, 3.8) is 0 Å². The van der Waals surface area contributed by atoms with E-state index in [4.69, 9.17) is 5.73 Å². The van der Waals surface area contributed by atoms with Gasteiger partial charge in [0.25, 0.3) is 0 Å². The van der Waals surface area contributed by atoms with Crippen molar-refractivity contribution in [2.24, 2.45) is 5.73 Å². The summed E-state index contributed by atoms with van der Waals surface area (Å²) in [6, 6.07) is 6.09. The Morgan fingerprint density at radius 2 is 2.00 bits per heavy atom. The number of hydrogen-bond donors (Lipinski definition) is 4. The van der Waals surface area contributed by atoms with E-state index in [1.54, 1.807) is 0 Å². The van der Waals surface area contributed by atoms with Gasteiger partial charge in [0.2, 0.25) is 0 Å². The predicted octanol–water partition coefficient (Wildman–Crippen LogP) is 1.24. The molecular formula is C13H20N4O. The zero-order chi connectivity index (χ0) is 13.3. The molecule has 0 radical (unpaired) electrons. The number of nitrogens with two attached hydrogens (primary N) is 1. The normalized spacial score (nSPS) is 14.0. The molecule has 2 aromatic rings. The Morgan fingerprint density at radius 3 is 2.61 bits per heavy atom. The van der Waals surface area contributed by atoms with Crippen LogP contribution in [0.3, 0.4) is 0 Å². The van der Waals surface area contributed by atoms with Gasteiger partial charge in [-0.15, -0.1) is 0 Å². The van der Waals surface area contributed by atoms with E-state index in [1.807, 2.05) is 39.1 Å². The van der Waals surface area contributed by atoms with E-state index >= 15 is 0 Å². The standard InChI is InChI=1S/C13H20N4O/c1-13(2,14)7-11(15-3)8-4-5-9-10(6-8)17-12(18)16-9/h4-6,11,15H,7,14H2,1-3H3,(H2,16,17,18). The number of nitrogens with one attached hydrogen (secondary N) is 3. The summed E-state index contributed by atoms with van der Waals surface area (Å²) >= 11 is 0. The van der Waals surface area contributed by atoms with Crippen molar-refractivity contribution in [1.29, 1.82) is 0 Å². The minimum Gasteiger partial charge on any atom is -0.325 e. The molecule has 0 saturated carbocycles. The summed E-state index contributed by atoms with van der Waals surface area (Å²) < 4.78 is 0. The number of fused-ring (bicyclic) bond motifs is 1. The van der Waals surface area contributed by atoms with Gasteiger partial charge in [-0.3, -0.25) is 0 Å². The fraction of sp³-hybridized carbons (Fsp3) is 0.462. The summed E-state index contributed by atoms with van der Waals surface area (Å²) in [5, 5.41) is 3.26. The van der Waals surface area contributed by atoms with E-state index in [9.17, 15) is 4.79 Å². The highest BCUT2D eigenvalue weighted by Gasteiger charge is 2.19. The zero-order valence-electron chi connectivity index (χ0n) is 11.0. The van der Waals surface area contributed by atoms with Gasteiger partial charge >= 0.3 is 5.69 Å². The lowest BCUT2D eigenvalue weighted by Crippen LogP contribution is -2.36. The van der Waals surface area contributed by atoms with Gasteiger partial charge in [-0.2, -0.15) is 0 Å². The van der Waals surface area contributed by atoms with Gasteiger partial charge in [-0.25, -0.2) is 4.79 Å². The Bertz CT molecular complexity index is 591. The number of aromatic amines is 2. The quantitative estimate of drug-likeness (QED) is 0.656. The molecule has 1 atom stereocenters. The Balaban J connectivity index is 2.36. The number of rotatable bonds is 4. The molecule has 0 fully saturated rings. The Morgan fingerprint density at radius 1 is 1.33 bits per heavy atom. The molecule has 1 unspecified atom stereocenters. The molecule has 18 heavy (non-hydrogen) atoms. The third-order valence-corrected chi connectivity index (χ3v) is 3.02. The largest absolute Gasteiger partial charge is 0.325 e. The predicted molar refractivity (Wildman–Crippen MR) is 73.6 cm³/mol. The van der Waals surface area contributed by atoms with Crippen molar-refractivity contribution in [3.05, 3.63) is 34.2 Å². The zero-order valence-corrected chi connectivity index (χ0v) is 11.0. The first kappa shape index (κ1) is 12.9. The molecule has 0 aliphatic carbocycles. The van der Waals surface area contributed by atoms with Crippen LogP contribution in [0.25, 0.3) is 11.0 Å². The Kier molecular flexibility index (Phi) is 3.28. The molecule has 0 bridgehead atoms. The van der Waals surface area contributed by atoms with Crippen LogP contribution in [0.1, 0.15) is 31.9 Å². The molecular weight excluding hydrogens is 228 g/mol. The fourth-order valence-corrected chi connectivity index (χ4v) is 2.18. The summed E-state index contributed by atoms with van der Waals surface area (Å²) in [7, 11) is 1.92. The lowest BCUT2D eigenvalue weighted by atomic mass is 9.92. The second-order valence-corrected chi connectivity index (χ2v) is 5.42. The minimum absolute atomic E-state index is 0.174. The highest BCUT2D eigenvalue weighted by molar-refractivity contribution is 5.75. The molecule has 0 amide bonds. The van der Waals surface area contributed by atoms with Gasteiger partial charge in [-0.05, 0) is 45.0 Å². The van der Waals surface area contributed by atoms with Crippen LogP contribution < -0.4 is 16.7 Å². The van der Waals surface area contributed by atoms with Crippen molar-refractivity contribution in [3.8, 4) is 0 Å². The molecule has 0 saturated heterocycles. The second-order valence-electron chi connectivity index (χ2n) is 5.42.